The fraction of sp³-hybridized carbons (Fsp3) is 0.438. The van der Waals surface area contributed by atoms with E-state index in [-0.39, 0.29) is 6.10 Å². The van der Waals surface area contributed by atoms with Crippen molar-refractivity contribution in [1.29, 1.82) is 0 Å². The van der Waals surface area contributed by atoms with Crippen LogP contribution in [0.5, 0.6) is 0 Å². The summed E-state index contributed by atoms with van der Waals surface area (Å²) in [5.74, 6) is 0. The number of benzene rings is 1. The molecule has 1 unspecified atom stereocenters. The van der Waals surface area contributed by atoms with Crippen LogP contribution in [0.25, 0.3) is 0 Å². The second-order valence-electron chi connectivity index (χ2n) is 5.16. The van der Waals surface area contributed by atoms with Crippen LogP contribution in [-0.4, -0.2) is 21.0 Å². The third kappa shape index (κ3) is 4.21. The molecule has 0 spiro atoms. The quantitative estimate of drug-likeness (QED) is 0.865. The van der Waals surface area contributed by atoms with Crippen LogP contribution in [0.4, 0.5) is 0 Å². The van der Waals surface area contributed by atoms with Crippen LogP contribution in [0.3, 0.4) is 0 Å². The number of aryl methyl sites for hydroxylation is 4. The van der Waals surface area contributed by atoms with Gasteiger partial charge in [-0.25, -0.2) is 0 Å². The molecule has 1 aromatic carbocycles. The van der Waals surface area contributed by atoms with E-state index in [1.807, 2.05) is 17.8 Å². The Kier molecular flexibility index (Phi) is 4.74. The van der Waals surface area contributed by atoms with E-state index in [2.05, 4.69) is 36.3 Å². The molecule has 1 heterocycles. The van der Waals surface area contributed by atoms with Crippen LogP contribution in [0.2, 0.25) is 0 Å². The molecule has 0 fully saturated rings. The van der Waals surface area contributed by atoms with E-state index >= 15 is 0 Å². The number of aliphatic hydroxyl groups excluding tert-OH is 1. The molecule has 0 amide bonds. The van der Waals surface area contributed by atoms with Crippen LogP contribution in [0.15, 0.2) is 36.5 Å². The smallest absolute Gasteiger partial charge is 0.0547 e. The van der Waals surface area contributed by atoms with Crippen LogP contribution in [0.1, 0.15) is 29.7 Å². The summed E-state index contributed by atoms with van der Waals surface area (Å²) in [6.07, 6.45) is 5.00. The summed E-state index contributed by atoms with van der Waals surface area (Å²) < 4.78 is 1.87. The average Bonchev–Trinajstić information content (AvgIpc) is 2.81. The second-order valence-corrected chi connectivity index (χ2v) is 5.16. The summed E-state index contributed by atoms with van der Waals surface area (Å²) in [4.78, 5) is 0. The summed E-state index contributed by atoms with van der Waals surface area (Å²) in [7, 11) is 1.94. The van der Waals surface area contributed by atoms with Gasteiger partial charge < -0.3 is 5.11 Å². The highest BCUT2D eigenvalue weighted by atomic mass is 16.3. The minimum absolute atomic E-state index is 0.240. The Hall–Kier alpha value is -1.61. The van der Waals surface area contributed by atoms with Crippen LogP contribution in [-0.2, 0) is 19.9 Å². The fourth-order valence-electron chi connectivity index (χ4n) is 2.19. The molecule has 0 saturated heterocycles. The zero-order valence-electron chi connectivity index (χ0n) is 11.7. The van der Waals surface area contributed by atoms with Gasteiger partial charge in [0.1, 0.15) is 0 Å². The molecule has 1 aromatic heterocycles. The van der Waals surface area contributed by atoms with E-state index < -0.39 is 0 Å². The summed E-state index contributed by atoms with van der Waals surface area (Å²) in [6, 6.07) is 10.5. The number of nitrogens with zero attached hydrogens (tertiary/aromatic N) is 2. The van der Waals surface area contributed by atoms with E-state index in [1.165, 1.54) is 16.8 Å². The first-order valence-corrected chi connectivity index (χ1v) is 6.85. The lowest BCUT2D eigenvalue weighted by atomic mass is 10.0. The van der Waals surface area contributed by atoms with Crippen molar-refractivity contribution in [2.24, 2.45) is 7.05 Å². The van der Waals surface area contributed by atoms with Crippen LogP contribution in [0, 0.1) is 6.92 Å². The largest absolute Gasteiger partial charge is 0.393 e. The predicted molar refractivity (Wildman–Crippen MR) is 77.0 cm³/mol. The molecule has 0 aliphatic heterocycles. The molecule has 2 aromatic rings. The molecular formula is C16H22N2O. The number of rotatable bonds is 6. The van der Waals surface area contributed by atoms with E-state index in [4.69, 9.17) is 0 Å². The third-order valence-electron chi connectivity index (χ3n) is 3.54. The Morgan fingerprint density at radius 1 is 1.11 bits per heavy atom. The standard InChI is InChI=1S/C16H22N2O/c1-13-3-5-14(6-4-13)7-9-16(19)10-8-15-11-12-17-18(15)2/h3-6,11-12,16,19H,7-10H2,1-2H3. The van der Waals surface area contributed by atoms with Crippen molar-refractivity contribution in [3.05, 3.63) is 53.3 Å². The van der Waals surface area contributed by atoms with Gasteiger partial charge in [-0.3, -0.25) is 4.68 Å². The number of hydrogen-bond donors (Lipinski definition) is 1. The summed E-state index contributed by atoms with van der Waals surface area (Å²) in [5.41, 5.74) is 3.75. The van der Waals surface area contributed by atoms with Gasteiger partial charge in [0, 0.05) is 18.9 Å². The third-order valence-corrected chi connectivity index (χ3v) is 3.54. The highest BCUT2D eigenvalue weighted by Gasteiger charge is 2.07. The van der Waals surface area contributed by atoms with E-state index in [0.29, 0.717) is 0 Å². The Labute approximate surface area is 114 Å². The van der Waals surface area contributed by atoms with Gasteiger partial charge in [0.05, 0.1) is 6.10 Å². The monoisotopic (exact) mass is 258 g/mol. The van der Waals surface area contributed by atoms with Crippen molar-refractivity contribution < 1.29 is 5.11 Å². The van der Waals surface area contributed by atoms with E-state index in [1.54, 1.807) is 6.20 Å². The zero-order chi connectivity index (χ0) is 13.7. The van der Waals surface area contributed by atoms with E-state index in [0.717, 1.165) is 25.7 Å². The molecule has 2 rings (SSSR count). The van der Waals surface area contributed by atoms with Gasteiger partial charge >= 0.3 is 0 Å². The maximum Gasteiger partial charge on any atom is 0.0547 e. The number of aliphatic hydroxyl groups is 1. The lowest BCUT2D eigenvalue weighted by Crippen LogP contribution is -2.10. The molecule has 102 valence electrons. The second kappa shape index (κ2) is 6.53. The normalized spacial score (nSPS) is 12.6. The van der Waals surface area contributed by atoms with Gasteiger partial charge in [-0.2, -0.15) is 5.10 Å². The molecule has 19 heavy (non-hydrogen) atoms. The Morgan fingerprint density at radius 3 is 2.42 bits per heavy atom. The van der Waals surface area contributed by atoms with Crippen molar-refractivity contribution in [3.63, 3.8) is 0 Å². The minimum Gasteiger partial charge on any atom is -0.393 e. The van der Waals surface area contributed by atoms with Crippen molar-refractivity contribution >= 4 is 0 Å². The first kappa shape index (κ1) is 13.8. The molecule has 0 radical (unpaired) electrons. The first-order chi connectivity index (χ1) is 9.15. The summed E-state index contributed by atoms with van der Waals surface area (Å²) >= 11 is 0. The van der Waals surface area contributed by atoms with Gasteiger partial charge in [0.25, 0.3) is 0 Å². The number of hydrogen-bond acceptors (Lipinski definition) is 2. The maximum atomic E-state index is 10.0. The average molecular weight is 258 g/mol. The summed E-state index contributed by atoms with van der Waals surface area (Å²) in [6.45, 7) is 2.09. The Morgan fingerprint density at radius 2 is 1.79 bits per heavy atom. The van der Waals surface area contributed by atoms with Gasteiger partial charge in [0.2, 0.25) is 0 Å². The van der Waals surface area contributed by atoms with Gasteiger partial charge in [-0.05, 0) is 44.2 Å². The molecule has 1 N–H and O–H groups in total. The van der Waals surface area contributed by atoms with Crippen molar-refractivity contribution in [2.45, 2.75) is 38.7 Å². The van der Waals surface area contributed by atoms with Gasteiger partial charge in [-0.15, -0.1) is 0 Å². The molecule has 0 aliphatic rings. The molecule has 0 saturated carbocycles. The topological polar surface area (TPSA) is 38.1 Å². The highest BCUT2D eigenvalue weighted by molar-refractivity contribution is 5.21. The minimum atomic E-state index is -0.240. The lowest BCUT2D eigenvalue weighted by Gasteiger charge is -2.10. The predicted octanol–water partition coefficient (Wildman–Crippen LogP) is 2.65. The van der Waals surface area contributed by atoms with Gasteiger partial charge in [-0.1, -0.05) is 29.8 Å². The zero-order valence-corrected chi connectivity index (χ0v) is 11.7. The van der Waals surface area contributed by atoms with Crippen molar-refractivity contribution in [1.82, 2.24) is 9.78 Å². The first-order valence-electron chi connectivity index (χ1n) is 6.85. The molecular weight excluding hydrogens is 236 g/mol. The fourth-order valence-corrected chi connectivity index (χ4v) is 2.19. The van der Waals surface area contributed by atoms with Crippen molar-refractivity contribution in [2.75, 3.05) is 0 Å². The molecule has 0 bridgehead atoms. The molecule has 1 atom stereocenters. The van der Waals surface area contributed by atoms with E-state index in [9.17, 15) is 5.11 Å². The SMILES string of the molecule is Cc1ccc(CCC(O)CCc2ccnn2C)cc1. The molecule has 3 heteroatoms. The highest BCUT2D eigenvalue weighted by Crippen LogP contribution is 2.11. The summed E-state index contributed by atoms with van der Waals surface area (Å²) in [5, 5.41) is 14.2. The van der Waals surface area contributed by atoms with Crippen molar-refractivity contribution in [3.8, 4) is 0 Å². The molecule has 3 nitrogen and oxygen atoms in total. The van der Waals surface area contributed by atoms with Gasteiger partial charge in [0.15, 0.2) is 0 Å². The molecule has 0 aliphatic carbocycles. The Bertz CT molecular complexity index is 502. The lowest BCUT2D eigenvalue weighted by molar-refractivity contribution is 0.154. The maximum absolute atomic E-state index is 10.0. The Balaban J connectivity index is 1.74. The number of aromatic nitrogens is 2. The van der Waals surface area contributed by atoms with Crippen LogP contribution >= 0.6 is 0 Å². The van der Waals surface area contributed by atoms with Crippen LogP contribution < -0.4 is 0 Å².